The van der Waals surface area contributed by atoms with Crippen LogP contribution in [0.15, 0.2) is 12.1 Å². The minimum absolute atomic E-state index is 0. The molecule has 0 amide bonds. The fourth-order valence-corrected chi connectivity index (χ4v) is 2.31. The molecule has 1 atom stereocenters. The molecule has 2 aliphatic rings. The van der Waals surface area contributed by atoms with E-state index in [2.05, 4.69) is 0 Å². The molecule has 98 valence electrons. The quantitative estimate of drug-likeness (QED) is 0.492. The molecule has 0 bridgehead atoms. The van der Waals surface area contributed by atoms with Gasteiger partial charge in [0.05, 0.1) is 0 Å². The van der Waals surface area contributed by atoms with E-state index in [4.69, 9.17) is 9.47 Å². The van der Waals surface area contributed by atoms with E-state index in [1.807, 2.05) is 0 Å². The van der Waals surface area contributed by atoms with Gasteiger partial charge in [-0.25, -0.2) is 0 Å². The van der Waals surface area contributed by atoms with Crippen molar-refractivity contribution in [1.29, 1.82) is 0 Å². The Bertz CT molecular complexity index is 511. The summed E-state index contributed by atoms with van der Waals surface area (Å²) in [6.45, 7) is 1.44. The molecule has 1 unspecified atom stereocenters. The zero-order valence-electron chi connectivity index (χ0n) is 10.8. The molecule has 1 aromatic rings. The molecule has 0 aromatic heterocycles. The second-order valence-electron chi connectivity index (χ2n) is 4.89. The van der Waals surface area contributed by atoms with Crippen LogP contribution < -0.4 is 28.3 Å². The smallest absolute Gasteiger partial charge is 0.467 e. The molecule has 0 N–H and O–H groups in total. The van der Waals surface area contributed by atoms with Gasteiger partial charge in [-0.3, -0.25) is 0 Å². The average Bonchev–Trinajstić information content (AvgIpc) is 2.71. The predicted octanol–water partition coefficient (Wildman–Crippen LogP) is -0.724. The standard InChI is InChI=1S/C11H12BF3NO2.Li/c1-16(12(13,14)15)3-2-8-4-10-11(18-7-17-10)5-9(8)6-16;/h4-6H,2-3,7H2,1H3;/q-1;+1. The number of likely N-dealkylation sites (N-methyl/N-ethyl adjacent to an activating group) is 1. The van der Waals surface area contributed by atoms with Crippen LogP contribution in [0, 0.1) is 6.54 Å². The summed E-state index contributed by atoms with van der Waals surface area (Å²) < 4.78 is 48.6. The molecule has 8 heteroatoms. The van der Waals surface area contributed by atoms with E-state index in [1.165, 1.54) is 13.6 Å². The first kappa shape index (κ1) is 14.5. The Morgan fingerprint density at radius 1 is 1.21 bits per heavy atom. The van der Waals surface area contributed by atoms with Gasteiger partial charge in [0.25, 0.3) is 0 Å². The van der Waals surface area contributed by atoms with Crippen LogP contribution >= 0.6 is 0 Å². The van der Waals surface area contributed by atoms with Gasteiger partial charge in [0, 0.05) is 13.6 Å². The molecule has 0 saturated heterocycles. The third kappa shape index (κ3) is 2.31. The van der Waals surface area contributed by atoms with Crippen LogP contribution in [0.25, 0.3) is 0 Å². The van der Waals surface area contributed by atoms with Gasteiger partial charge in [-0.1, -0.05) is 6.07 Å². The Morgan fingerprint density at radius 2 is 1.84 bits per heavy atom. The Hall–Kier alpha value is -0.898. The number of hydrogen-bond donors (Lipinski definition) is 0. The number of ether oxygens (including phenoxy) is 2. The van der Waals surface area contributed by atoms with Crippen molar-refractivity contribution in [2.24, 2.45) is 0 Å². The molecule has 0 fully saturated rings. The second-order valence-corrected chi connectivity index (χ2v) is 4.89. The van der Waals surface area contributed by atoms with Gasteiger partial charge in [-0.15, -0.1) is 17.2 Å². The van der Waals surface area contributed by atoms with Crippen molar-refractivity contribution in [3.05, 3.63) is 29.8 Å². The molecule has 3 rings (SSSR count). The molecular weight excluding hydrogens is 253 g/mol. The molecule has 0 spiro atoms. The van der Waals surface area contributed by atoms with Gasteiger partial charge in [0.15, 0.2) is 0 Å². The average molecular weight is 265 g/mol. The Labute approximate surface area is 121 Å². The summed E-state index contributed by atoms with van der Waals surface area (Å²) in [6, 6.07) is 3.41. The van der Waals surface area contributed by atoms with Crippen molar-refractivity contribution in [2.75, 3.05) is 20.4 Å². The molecule has 19 heavy (non-hydrogen) atoms. The maximum Gasteiger partial charge on any atom is 1.00 e. The molecule has 1 aromatic carbocycles. The molecule has 2 aliphatic heterocycles. The molecule has 0 aliphatic carbocycles. The maximum absolute atomic E-state index is 13.0. The third-order valence-electron chi connectivity index (χ3n) is 3.60. The minimum Gasteiger partial charge on any atom is -0.467 e. The summed E-state index contributed by atoms with van der Waals surface area (Å²) in [6.07, 6.45) is 0.389. The number of benzene rings is 1. The minimum atomic E-state index is -4.95. The van der Waals surface area contributed by atoms with Crippen molar-refractivity contribution in [2.45, 2.75) is 6.42 Å². The Balaban J connectivity index is 0.00000133. The number of fused-ring (bicyclic) bond motifs is 2. The number of hydrogen-bond acceptors (Lipinski definition) is 2. The topological polar surface area (TPSA) is 18.5 Å². The fraction of sp³-hybridized carbons (Fsp3) is 0.364. The van der Waals surface area contributed by atoms with Gasteiger partial charge in [-0.05, 0) is 13.0 Å². The first-order valence-electron chi connectivity index (χ1n) is 5.72. The Morgan fingerprint density at radius 3 is 2.47 bits per heavy atom. The van der Waals surface area contributed by atoms with Gasteiger partial charge in [0.1, 0.15) is 11.5 Å². The van der Waals surface area contributed by atoms with Crippen LogP contribution in [0.5, 0.6) is 11.5 Å². The summed E-state index contributed by atoms with van der Waals surface area (Å²) in [5, 5.41) is 0. The summed E-state index contributed by atoms with van der Waals surface area (Å²) in [4.78, 5) is 0. The molecule has 2 heterocycles. The third-order valence-corrected chi connectivity index (χ3v) is 3.60. The van der Waals surface area contributed by atoms with E-state index in [0.717, 1.165) is 5.56 Å². The van der Waals surface area contributed by atoms with Gasteiger partial charge < -0.3 is 26.8 Å². The fourth-order valence-electron chi connectivity index (χ4n) is 2.31. The number of halogens is 3. The van der Waals surface area contributed by atoms with Gasteiger partial charge >= 0.3 is 26.0 Å². The van der Waals surface area contributed by atoms with Crippen molar-refractivity contribution in [1.82, 2.24) is 0 Å². The van der Waals surface area contributed by atoms with E-state index >= 15 is 0 Å². The van der Waals surface area contributed by atoms with E-state index in [1.54, 1.807) is 12.1 Å². The van der Waals surface area contributed by atoms with Crippen molar-refractivity contribution < 1.29 is 45.7 Å². The van der Waals surface area contributed by atoms with E-state index in [9.17, 15) is 12.9 Å². The first-order chi connectivity index (χ1) is 8.39. The summed E-state index contributed by atoms with van der Waals surface area (Å²) in [5.74, 6) is 1.14. The predicted molar refractivity (Wildman–Crippen MR) is 59.8 cm³/mol. The van der Waals surface area contributed by atoms with Crippen molar-refractivity contribution in [3.8, 4) is 11.5 Å². The molecule has 3 nitrogen and oxygen atoms in total. The van der Waals surface area contributed by atoms with Crippen LogP contribution in [0.4, 0.5) is 12.9 Å². The number of quaternary nitrogens is 1. The molecule has 0 saturated carbocycles. The largest absolute Gasteiger partial charge is 1.00 e. The van der Waals surface area contributed by atoms with Crippen LogP contribution in [0.1, 0.15) is 11.1 Å². The van der Waals surface area contributed by atoms with Crippen molar-refractivity contribution >= 4 is 7.11 Å². The van der Waals surface area contributed by atoms with Gasteiger partial charge in [-0.2, -0.15) is 0 Å². The zero-order chi connectivity index (χ0) is 13.0. The number of nitrogens with zero attached hydrogens (tertiary/aromatic N) is 1. The first-order valence-corrected chi connectivity index (χ1v) is 5.72. The van der Waals surface area contributed by atoms with Crippen LogP contribution in [0.3, 0.4) is 0 Å². The van der Waals surface area contributed by atoms with Crippen LogP contribution in [-0.4, -0.2) is 31.9 Å². The zero-order valence-corrected chi connectivity index (χ0v) is 10.8. The monoisotopic (exact) mass is 265 g/mol. The normalized spacial score (nSPS) is 24.2. The number of rotatable bonds is 1. The van der Waals surface area contributed by atoms with Crippen LogP contribution in [-0.2, 0) is 6.42 Å². The summed E-state index contributed by atoms with van der Waals surface area (Å²) in [5.41, 5.74) is 1.47. The summed E-state index contributed by atoms with van der Waals surface area (Å²) >= 11 is 0. The SMILES string of the molecule is C[N+]1([B-](F)(F)F)[CH-]c2cc3c(cc2CC1)OCO3.[Li+]. The molecular formula is C11H12BF3LiNO2. The van der Waals surface area contributed by atoms with E-state index in [0.29, 0.717) is 23.5 Å². The molecule has 0 radical (unpaired) electrons. The van der Waals surface area contributed by atoms with Gasteiger partial charge in [0.2, 0.25) is 6.79 Å². The second kappa shape index (κ2) is 4.58. The van der Waals surface area contributed by atoms with E-state index in [-0.39, 0.29) is 32.2 Å². The van der Waals surface area contributed by atoms with Crippen molar-refractivity contribution in [3.63, 3.8) is 0 Å². The Kier molecular flexibility index (Phi) is 3.50. The van der Waals surface area contributed by atoms with E-state index < -0.39 is 11.5 Å². The van der Waals surface area contributed by atoms with Crippen LogP contribution in [0.2, 0.25) is 0 Å². The summed E-state index contributed by atoms with van der Waals surface area (Å²) in [7, 11) is -3.75. The maximum atomic E-state index is 13.0.